The Hall–Kier alpha value is -4.01. The lowest BCUT2D eigenvalue weighted by molar-refractivity contribution is -0.143. The SMILES string of the molecule is CCC1=C([C@H](O)CC/C(=C/c2cc(Br)ccc2O)c2ccccn2)[C@H](CO)[C@@H]2C(=O)N(c3cc(C(F)(F)F)cc(C(F)(F)F)c3)C(=O)[C@@H]2C1. The number of carbonyl (C=O) groups is 2. The zero-order chi connectivity index (χ0) is 35.8. The summed E-state index contributed by atoms with van der Waals surface area (Å²) in [6.45, 7) is 1.03. The maximum Gasteiger partial charge on any atom is 0.416 e. The molecule has 0 bridgehead atoms. The number of phenols is 1. The summed E-state index contributed by atoms with van der Waals surface area (Å²) < 4.78 is 82.4. The lowest BCUT2D eigenvalue weighted by Gasteiger charge is -2.36. The number of rotatable bonds is 9. The van der Waals surface area contributed by atoms with Crippen molar-refractivity contribution in [3.05, 3.63) is 98.8 Å². The van der Waals surface area contributed by atoms with E-state index >= 15 is 0 Å². The molecule has 3 N–H and O–H groups in total. The molecule has 14 heteroatoms. The normalized spacial score (nSPS) is 21.0. The van der Waals surface area contributed by atoms with E-state index in [1.54, 1.807) is 49.5 Å². The first-order chi connectivity index (χ1) is 23.0. The third kappa shape index (κ3) is 7.46. The average Bonchev–Trinajstić information content (AvgIpc) is 3.31. The molecule has 2 amide bonds. The number of aliphatic hydroxyl groups is 2. The molecule has 1 aromatic heterocycles. The van der Waals surface area contributed by atoms with Crippen LogP contribution in [0.2, 0.25) is 0 Å². The third-order valence-corrected chi connectivity index (χ3v) is 9.49. The summed E-state index contributed by atoms with van der Waals surface area (Å²) in [5.41, 5.74) is -1.68. The van der Waals surface area contributed by atoms with Gasteiger partial charge in [-0.1, -0.05) is 34.5 Å². The Balaban J connectivity index is 1.48. The number of anilines is 1. The average molecular weight is 754 g/mol. The molecular formula is C35H31BrF6N2O5. The lowest BCUT2D eigenvalue weighted by atomic mass is 9.67. The highest BCUT2D eigenvalue weighted by molar-refractivity contribution is 9.10. The molecule has 3 aromatic rings. The molecule has 0 unspecified atom stereocenters. The molecule has 1 fully saturated rings. The Bertz CT molecular complexity index is 1780. The number of amides is 2. The molecule has 2 aliphatic rings. The second kappa shape index (κ2) is 14.1. The van der Waals surface area contributed by atoms with E-state index in [4.69, 9.17) is 0 Å². The van der Waals surface area contributed by atoms with Crippen LogP contribution < -0.4 is 4.90 Å². The van der Waals surface area contributed by atoms with Crippen LogP contribution in [-0.4, -0.2) is 44.8 Å². The number of hydrogen-bond acceptors (Lipinski definition) is 6. The molecule has 5 rings (SSSR count). The number of phenolic OH excluding ortho intramolecular Hbond substituents is 1. The number of benzene rings is 2. The predicted octanol–water partition coefficient (Wildman–Crippen LogP) is 7.79. The fraction of sp³-hybridized carbons (Fsp3) is 0.343. The van der Waals surface area contributed by atoms with Gasteiger partial charge in [0.25, 0.3) is 0 Å². The molecule has 4 atom stereocenters. The summed E-state index contributed by atoms with van der Waals surface area (Å²) in [7, 11) is 0. The highest BCUT2D eigenvalue weighted by Crippen LogP contribution is 2.49. The van der Waals surface area contributed by atoms with E-state index in [2.05, 4.69) is 20.9 Å². The second-order valence-corrected chi connectivity index (χ2v) is 12.9. The molecule has 0 spiro atoms. The Morgan fingerprint density at radius 3 is 2.27 bits per heavy atom. The van der Waals surface area contributed by atoms with Gasteiger partial charge >= 0.3 is 12.4 Å². The Morgan fingerprint density at radius 2 is 1.69 bits per heavy atom. The fourth-order valence-corrected chi connectivity index (χ4v) is 7.10. The molecule has 0 radical (unpaired) electrons. The van der Waals surface area contributed by atoms with E-state index in [0.717, 1.165) is 0 Å². The van der Waals surface area contributed by atoms with Crippen molar-refractivity contribution in [2.75, 3.05) is 11.5 Å². The molecule has 1 aliphatic carbocycles. The molecule has 2 heterocycles. The van der Waals surface area contributed by atoms with Gasteiger partial charge in [-0.15, -0.1) is 0 Å². The number of aromatic hydroxyl groups is 1. The number of fused-ring (bicyclic) bond motifs is 1. The third-order valence-electron chi connectivity index (χ3n) is 9.00. The standard InChI is InChI=1S/C35H31BrF6N2O5/c1-2-18-13-25-31(33(49)44(32(25)48)24-15-21(34(37,38)39)14-22(16-24)35(40,41)42)26(17-45)30(18)29(47)8-6-19(27-5-3-4-10-43-27)11-20-12-23(36)7-9-28(20)46/h3-5,7,9-12,14-16,25-26,29,31,45-47H,2,6,8,13,17H2,1H3/b19-11-/t25-,26+,29-,31-/m1/s1. The van der Waals surface area contributed by atoms with Crippen LogP contribution in [0.1, 0.15) is 55.0 Å². The van der Waals surface area contributed by atoms with Crippen molar-refractivity contribution in [2.45, 2.75) is 51.1 Å². The number of halogens is 7. The van der Waals surface area contributed by atoms with E-state index in [1.807, 2.05) is 0 Å². The van der Waals surface area contributed by atoms with Crippen LogP contribution >= 0.6 is 15.9 Å². The van der Waals surface area contributed by atoms with Gasteiger partial charge in [0.1, 0.15) is 5.75 Å². The molecule has 1 aliphatic heterocycles. The van der Waals surface area contributed by atoms with Crippen LogP contribution in [0.3, 0.4) is 0 Å². The minimum atomic E-state index is -5.20. The number of carbonyl (C=O) groups excluding carboxylic acids is 2. The molecule has 1 saturated heterocycles. The molecule has 0 saturated carbocycles. The Morgan fingerprint density at radius 1 is 1.02 bits per heavy atom. The van der Waals surface area contributed by atoms with Crippen molar-refractivity contribution < 1.29 is 51.3 Å². The van der Waals surface area contributed by atoms with Crippen molar-refractivity contribution in [1.29, 1.82) is 0 Å². The van der Waals surface area contributed by atoms with Crippen molar-refractivity contribution in [1.82, 2.24) is 4.98 Å². The van der Waals surface area contributed by atoms with Gasteiger partial charge in [0.15, 0.2) is 0 Å². The van der Waals surface area contributed by atoms with Crippen LogP contribution in [0.25, 0.3) is 11.6 Å². The number of nitrogens with zero attached hydrogens (tertiary/aromatic N) is 2. The maximum atomic E-state index is 13.8. The van der Waals surface area contributed by atoms with E-state index < -0.39 is 71.4 Å². The first-order valence-corrected chi connectivity index (χ1v) is 16.1. The number of aliphatic hydroxyl groups excluding tert-OH is 2. The predicted molar refractivity (Wildman–Crippen MR) is 172 cm³/mol. The summed E-state index contributed by atoms with van der Waals surface area (Å²) in [6, 6.07) is 10.7. The van der Waals surface area contributed by atoms with Crippen molar-refractivity contribution in [3.63, 3.8) is 0 Å². The summed E-state index contributed by atoms with van der Waals surface area (Å²) in [5.74, 6) is -5.65. The molecule has 260 valence electrons. The van der Waals surface area contributed by atoms with Gasteiger partial charge in [0.2, 0.25) is 11.8 Å². The lowest BCUT2D eigenvalue weighted by Crippen LogP contribution is -2.39. The molecule has 49 heavy (non-hydrogen) atoms. The van der Waals surface area contributed by atoms with Crippen molar-refractivity contribution in [2.24, 2.45) is 17.8 Å². The van der Waals surface area contributed by atoms with E-state index in [9.17, 15) is 51.3 Å². The van der Waals surface area contributed by atoms with Crippen LogP contribution in [0, 0.1) is 17.8 Å². The van der Waals surface area contributed by atoms with Gasteiger partial charge in [-0.05, 0) is 91.4 Å². The number of alkyl halides is 6. The van der Waals surface area contributed by atoms with Crippen LogP contribution in [0.5, 0.6) is 5.75 Å². The van der Waals surface area contributed by atoms with Gasteiger partial charge < -0.3 is 15.3 Å². The monoisotopic (exact) mass is 752 g/mol. The smallest absolute Gasteiger partial charge is 0.416 e. The minimum absolute atomic E-state index is 0.00363. The van der Waals surface area contributed by atoms with Crippen molar-refractivity contribution in [3.8, 4) is 5.75 Å². The topological polar surface area (TPSA) is 111 Å². The summed E-state index contributed by atoms with van der Waals surface area (Å²) in [4.78, 5) is 32.2. The van der Waals surface area contributed by atoms with Gasteiger partial charge in [-0.25, -0.2) is 4.90 Å². The zero-order valence-electron chi connectivity index (χ0n) is 25.9. The van der Waals surface area contributed by atoms with Gasteiger partial charge in [0, 0.05) is 22.2 Å². The Kier molecular flexibility index (Phi) is 10.4. The number of allylic oxidation sites excluding steroid dienone is 2. The maximum absolute atomic E-state index is 13.8. The zero-order valence-corrected chi connectivity index (χ0v) is 27.5. The highest BCUT2D eigenvalue weighted by Gasteiger charge is 2.55. The van der Waals surface area contributed by atoms with Crippen LogP contribution in [0.15, 0.2) is 76.4 Å². The van der Waals surface area contributed by atoms with Gasteiger partial charge in [0.05, 0.1) is 47.1 Å². The van der Waals surface area contributed by atoms with Crippen molar-refractivity contribution >= 4 is 45.1 Å². The largest absolute Gasteiger partial charge is 0.507 e. The molecule has 2 aromatic carbocycles. The Labute approximate surface area is 285 Å². The second-order valence-electron chi connectivity index (χ2n) is 12.0. The van der Waals surface area contributed by atoms with Gasteiger partial charge in [-0.2, -0.15) is 26.3 Å². The fourth-order valence-electron chi connectivity index (χ4n) is 6.72. The highest BCUT2D eigenvalue weighted by atomic mass is 79.9. The summed E-state index contributed by atoms with van der Waals surface area (Å²) in [5, 5.41) is 32.6. The summed E-state index contributed by atoms with van der Waals surface area (Å²) >= 11 is 3.38. The number of hydrogen-bond donors (Lipinski definition) is 3. The minimum Gasteiger partial charge on any atom is -0.507 e. The number of aromatic nitrogens is 1. The quantitative estimate of drug-likeness (QED) is 0.117. The van der Waals surface area contributed by atoms with E-state index in [0.29, 0.717) is 55.9 Å². The first kappa shape index (κ1) is 36.3. The van der Waals surface area contributed by atoms with E-state index in [-0.39, 0.29) is 31.1 Å². The van der Waals surface area contributed by atoms with Gasteiger partial charge in [-0.3, -0.25) is 14.6 Å². The first-order valence-electron chi connectivity index (χ1n) is 15.3. The number of pyridine rings is 1. The molecule has 7 nitrogen and oxygen atoms in total. The summed E-state index contributed by atoms with van der Waals surface area (Å²) in [6.07, 6.45) is -7.88. The van der Waals surface area contributed by atoms with Crippen LogP contribution in [0.4, 0.5) is 32.0 Å². The molecular weight excluding hydrogens is 722 g/mol. The number of imide groups is 1. The van der Waals surface area contributed by atoms with Crippen LogP contribution in [-0.2, 0) is 21.9 Å². The van der Waals surface area contributed by atoms with E-state index in [1.165, 1.54) is 6.07 Å².